The van der Waals surface area contributed by atoms with Crippen LogP contribution in [0.5, 0.6) is 5.75 Å². The third-order valence-electron chi connectivity index (χ3n) is 3.18. The number of ether oxygens (including phenoxy) is 1. The zero-order chi connectivity index (χ0) is 18.2. The van der Waals surface area contributed by atoms with Crippen molar-refractivity contribution in [2.24, 2.45) is 0 Å². The molecule has 132 valence electrons. The molecule has 25 heavy (non-hydrogen) atoms. The SMILES string of the molecule is C[C@@H](Oc1ccccc1F)C(=O)NNC(=S)NCc1ccc(F)cc1. The van der Waals surface area contributed by atoms with E-state index in [1.165, 1.54) is 37.3 Å². The van der Waals surface area contributed by atoms with Crippen LogP contribution < -0.4 is 20.9 Å². The molecular formula is C17H17F2N3O2S. The van der Waals surface area contributed by atoms with Crippen LogP contribution >= 0.6 is 12.2 Å². The lowest BCUT2D eigenvalue weighted by molar-refractivity contribution is -0.127. The number of hydrogen-bond donors (Lipinski definition) is 3. The van der Waals surface area contributed by atoms with Crippen molar-refractivity contribution in [1.29, 1.82) is 0 Å². The molecule has 2 aromatic carbocycles. The number of hydrogen-bond acceptors (Lipinski definition) is 3. The third kappa shape index (κ3) is 6.00. The highest BCUT2D eigenvalue weighted by atomic mass is 32.1. The van der Waals surface area contributed by atoms with Gasteiger partial charge >= 0.3 is 0 Å². The molecular weight excluding hydrogens is 348 g/mol. The molecule has 2 aromatic rings. The monoisotopic (exact) mass is 365 g/mol. The summed E-state index contributed by atoms with van der Waals surface area (Å²) in [5.41, 5.74) is 5.71. The second-order valence-corrected chi connectivity index (χ2v) is 5.52. The van der Waals surface area contributed by atoms with Gasteiger partial charge in [0.05, 0.1) is 0 Å². The van der Waals surface area contributed by atoms with Crippen molar-refractivity contribution in [1.82, 2.24) is 16.2 Å². The predicted molar refractivity (Wildman–Crippen MR) is 93.6 cm³/mol. The highest BCUT2D eigenvalue weighted by Gasteiger charge is 2.16. The van der Waals surface area contributed by atoms with Gasteiger partial charge in [0.25, 0.3) is 5.91 Å². The molecule has 2 rings (SSSR count). The lowest BCUT2D eigenvalue weighted by Crippen LogP contribution is -2.50. The number of nitrogens with one attached hydrogen (secondary N) is 3. The lowest BCUT2D eigenvalue weighted by atomic mass is 10.2. The number of carbonyl (C=O) groups is 1. The Kier molecular flexibility index (Phi) is 6.64. The molecule has 0 aliphatic rings. The standard InChI is InChI=1S/C17H17F2N3O2S/c1-11(24-15-5-3-2-4-14(15)19)16(23)21-22-17(25)20-10-12-6-8-13(18)9-7-12/h2-9,11H,10H2,1H3,(H,21,23)(H2,20,22,25)/t11-/m1/s1. The Morgan fingerprint density at radius 2 is 1.80 bits per heavy atom. The minimum absolute atomic E-state index is 0.0119. The van der Waals surface area contributed by atoms with E-state index in [1.54, 1.807) is 18.2 Å². The molecule has 0 aromatic heterocycles. The molecule has 0 fully saturated rings. The van der Waals surface area contributed by atoms with Crippen molar-refractivity contribution in [2.45, 2.75) is 19.6 Å². The van der Waals surface area contributed by atoms with Gasteiger partial charge in [-0.2, -0.15) is 0 Å². The van der Waals surface area contributed by atoms with Crippen molar-refractivity contribution in [2.75, 3.05) is 0 Å². The summed E-state index contributed by atoms with van der Waals surface area (Å²) >= 11 is 5.02. The Hall–Kier alpha value is -2.74. The van der Waals surface area contributed by atoms with Crippen molar-refractivity contribution >= 4 is 23.2 Å². The van der Waals surface area contributed by atoms with Crippen LogP contribution in [0, 0.1) is 11.6 Å². The molecule has 5 nitrogen and oxygen atoms in total. The molecule has 0 saturated heterocycles. The summed E-state index contributed by atoms with van der Waals surface area (Å²) in [6, 6.07) is 11.7. The molecule has 0 aliphatic heterocycles. The van der Waals surface area contributed by atoms with E-state index in [0.717, 1.165) is 5.56 Å². The Morgan fingerprint density at radius 3 is 2.48 bits per heavy atom. The van der Waals surface area contributed by atoms with Gasteiger partial charge in [-0.15, -0.1) is 0 Å². The first-order valence-corrected chi connectivity index (χ1v) is 7.86. The maximum atomic E-state index is 13.5. The number of para-hydroxylation sites is 1. The molecule has 0 saturated carbocycles. The molecule has 0 heterocycles. The first-order chi connectivity index (χ1) is 12.0. The lowest BCUT2D eigenvalue weighted by Gasteiger charge is -2.16. The molecule has 8 heteroatoms. The van der Waals surface area contributed by atoms with Gasteiger partial charge < -0.3 is 10.1 Å². The summed E-state index contributed by atoms with van der Waals surface area (Å²) in [7, 11) is 0. The van der Waals surface area contributed by atoms with Crippen LogP contribution in [0.2, 0.25) is 0 Å². The summed E-state index contributed by atoms with van der Waals surface area (Å²) in [4.78, 5) is 11.9. The first kappa shape index (κ1) is 18.6. The maximum Gasteiger partial charge on any atom is 0.279 e. The average Bonchev–Trinajstić information content (AvgIpc) is 2.61. The van der Waals surface area contributed by atoms with E-state index < -0.39 is 17.8 Å². The van der Waals surface area contributed by atoms with Gasteiger partial charge in [-0.05, 0) is 49.0 Å². The number of rotatable bonds is 5. The van der Waals surface area contributed by atoms with Gasteiger partial charge in [-0.25, -0.2) is 8.78 Å². The van der Waals surface area contributed by atoms with E-state index >= 15 is 0 Å². The second-order valence-electron chi connectivity index (χ2n) is 5.11. The summed E-state index contributed by atoms with van der Waals surface area (Å²) in [5, 5.41) is 3.03. The zero-order valence-electron chi connectivity index (χ0n) is 13.4. The van der Waals surface area contributed by atoms with Crippen LogP contribution in [0.4, 0.5) is 8.78 Å². The fourth-order valence-electron chi connectivity index (χ4n) is 1.83. The molecule has 1 atom stereocenters. The van der Waals surface area contributed by atoms with Crippen molar-refractivity contribution in [3.8, 4) is 5.75 Å². The molecule has 0 radical (unpaired) electrons. The molecule has 0 aliphatic carbocycles. The van der Waals surface area contributed by atoms with E-state index in [9.17, 15) is 13.6 Å². The molecule has 1 amide bonds. The van der Waals surface area contributed by atoms with E-state index in [4.69, 9.17) is 17.0 Å². The predicted octanol–water partition coefficient (Wildman–Crippen LogP) is 2.43. The average molecular weight is 365 g/mol. The number of carbonyl (C=O) groups excluding carboxylic acids is 1. The van der Waals surface area contributed by atoms with E-state index in [-0.39, 0.29) is 16.7 Å². The smallest absolute Gasteiger partial charge is 0.279 e. The Labute approximate surface area is 149 Å². The van der Waals surface area contributed by atoms with Crippen LogP contribution in [-0.4, -0.2) is 17.1 Å². The highest BCUT2D eigenvalue weighted by Crippen LogP contribution is 2.16. The van der Waals surface area contributed by atoms with E-state index in [1.807, 2.05) is 0 Å². The van der Waals surface area contributed by atoms with Crippen LogP contribution in [0.25, 0.3) is 0 Å². The summed E-state index contributed by atoms with van der Waals surface area (Å²) < 4.78 is 31.6. The van der Waals surface area contributed by atoms with Crippen LogP contribution in [0.3, 0.4) is 0 Å². The van der Waals surface area contributed by atoms with Crippen LogP contribution in [0.15, 0.2) is 48.5 Å². The fourth-order valence-corrected chi connectivity index (χ4v) is 1.96. The minimum Gasteiger partial charge on any atom is -0.478 e. The quantitative estimate of drug-likeness (QED) is 0.561. The van der Waals surface area contributed by atoms with Gasteiger partial charge in [-0.3, -0.25) is 15.6 Å². The third-order valence-corrected chi connectivity index (χ3v) is 3.42. The minimum atomic E-state index is -0.927. The van der Waals surface area contributed by atoms with Gasteiger partial charge in [0.15, 0.2) is 22.8 Å². The number of benzene rings is 2. The van der Waals surface area contributed by atoms with E-state index in [2.05, 4.69) is 16.2 Å². The van der Waals surface area contributed by atoms with Gasteiger partial charge in [0.1, 0.15) is 5.82 Å². The number of halogens is 2. The summed E-state index contributed by atoms with van der Waals surface area (Å²) in [6.07, 6.45) is -0.927. The number of thiocarbonyl (C=S) groups is 1. The van der Waals surface area contributed by atoms with Gasteiger partial charge in [-0.1, -0.05) is 24.3 Å². The second kappa shape index (κ2) is 8.93. The Bertz CT molecular complexity index is 741. The van der Waals surface area contributed by atoms with Crippen molar-refractivity contribution < 1.29 is 18.3 Å². The molecule has 0 spiro atoms. The molecule has 0 bridgehead atoms. The normalized spacial score (nSPS) is 11.3. The zero-order valence-corrected chi connectivity index (χ0v) is 14.2. The van der Waals surface area contributed by atoms with E-state index in [0.29, 0.717) is 6.54 Å². The molecule has 3 N–H and O–H groups in total. The van der Waals surface area contributed by atoms with Crippen LogP contribution in [-0.2, 0) is 11.3 Å². The van der Waals surface area contributed by atoms with Crippen LogP contribution in [0.1, 0.15) is 12.5 Å². The van der Waals surface area contributed by atoms with Crippen molar-refractivity contribution in [3.05, 3.63) is 65.7 Å². The Balaban J connectivity index is 1.74. The fraction of sp³-hybridized carbons (Fsp3) is 0.176. The summed E-state index contributed by atoms with van der Waals surface area (Å²) in [5.74, 6) is -1.40. The number of hydrazine groups is 1. The number of amides is 1. The highest BCUT2D eigenvalue weighted by molar-refractivity contribution is 7.80. The Morgan fingerprint density at radius 1 is 1.12 bits per heavy atom. The topological polar surface area (TPSA) is 62.4 Å². The summed E-state index contributed by atoms with van der Waals surface area (Å²) in [6.45, 7) is 1.85. The van der Waals surface area contributed by atoms with Gasteiger partial charge in [0, 0.05) is 6.54 Å². The van der Waals surface area contributed by atoms with Crippen molar-refractivity contribution in [3.63, 3.8) is 0 Å². The van der Waals surface area contributed by atoms with Gasteiger partial charge in [0.2, 0.25) is 0 Å². The largest absolute Gasteiger partial charge is 0.478 e. The molecule has 0 unspecified atom stereocenters. The maximum absolute atomic E-state index is 13.5. The first-order valence-electron chi connectivity index (χ1n) is 7.45.